The smallest absolute Gasteiger partial charge is 0.230 e. The third-order valence-electron chi connectivity index (χ3n) is 5.86. The standard InChI is InChI=1S/C23H34N4O2S/c1-15(2)18-11-10-16(3)12-20(18)29-13-21-25-26-23(27(21)5)30-14-22(28)24-19-9-7-6-8-17(19)4/h10-12,15,17,19H,6-9,13-14H2,1-5H3,(H,24,28)/t17-,19+/m1/s1. The molecule has 1 amide bonds. The number of hydrogen-bond acceptors (Lipinski definition) is 5. The lowest BCUT2D eigenvalue weighted by Gasteiger charge is -2.29. The van der Waals surface area contributed by atoms with Gasteiger partial charge in [-0.2, -0.15) is 0 Å². The minimum atomic E-state index is 0.0703. The topological polar surface area (TPSA) is 69.0 Å². The lowest BCUT2D eigenvalue weighted by Crippen LogP contribution is -2.41. The number of rotatable bonds is 8. The third kappa shape index (κ3) is 5.78. The van der Waals surface area contributed by atoms with Crippen LogP contribution in [-0.2, 0) is 18.4 Å². The third-order valence-corrected chi connectivity index (χ3v) is 6.88. The van der Waals surface area contributed by atoms with Crippen LogP contribution in [0.2, 0.25) is 0 Å². The summed E-state index contributed by atoms with van der Waals surface area (Å²) in [6.07, 6.45) is 4.76. The van der Waals surface area contributed by atoms with E-state index < -0.39 is 0 Å². The predicted octanol–water partition coefficient (Wildman–Crippen LogP) is 4.61. The van der Waals surface area contributed by atoms with E-state index >= 15 is 0 Å². The largest absolute Gasteiger partial charge is 0.485 e. The van der Waals surface area contributed by atoms with Crippen LogP contribution in [-0.4, -0.2) is 32.5 Å². The Morgan fingerprint density at radius 1 is 1.30 bits per heavy atom. The summed E-state index contributed by atoms with van der Waals surface area (Å²) in [6, 6.07) is 6.61. The fraction of sp³-hybridized carbons (Fsp3) is 0.609. The summed E-state index contributed by atoms with van der Waals surface area (Å²) in [5.41, 5.74) is 2.35. The Balaban J connectivity index is 1.55. The van der Waals surface area contributed by atoms with Crippen LogP contribution in [0.3, 0.4) is 0 Å². The molecule has 0 saturated heterocycles. The molecular formula is C23H34N4O2S. The maximum Gasteiger partial charge on any atom is 0.230 e. The van der Waals surface area contributed by atoms with Crippen molar-refractivity contribution in [1.29, 1.82) is 0 Å². The Hall–Kier alpha value is -2.02. The average Bonchev–Trinajstić information content (AvgIpc) is 3.06. The zero-order valence-electron chi connectivity index (χ0n) is 18.8. The van der Waals surface area contributed by atoms with Crippen molar-refractivity contribution in [3.05, 3.63) is 35.2 Å². The van der Waals surface area contributed by atoms with Crippen molar-refractivity contribution in [3.63, 3.8) is 0 Å². The number of nitrogens with one attached hydrogen (secondary N) is 1. The van der Waals surface area contributed by atoms with Gasteiger partial charge in [0.15, 0.2) is 11.0 Å². The van der Waals surface area contributed by atoms with E-state index in [-0.39, 0.29) is 5.91 Å². The Bertz CT molecular complexity index is 865. The molecular weight excluding hydrogens is 396 g/mol. The highest BCUT2D eigenvalue weighted by molar-refractivity contribution is 7.99. The summed E-state index contributed by atoms with van der Waals surface area (Å²) >= 11 is 1.42. The predicted molar refractivity (Wildman–Crippen MR) is 121 cm³/mol. The number of ether oxygens (including phenoxy) is 1. The zero-order chi connectivity index (χ0) is 21.7. The van der Waals surface area contributed by atoms with Crippen molar-refractivity contribution in [2.75, 3.05) is 5.75 Å². The van der Waals surface area contributed by atoms with E-state index in [9.17, 15) is 4.79 Å². The van der Waals surface area contributed by atoms with Crippen molar-refractivity contribution in [2.24, 2.45) is 13.0 Å². The molecule has 6 nitrogen and oxygen atoms in total. The van der Waals surface area contributed by atoms with Crippen molar-refractivity contribution < 1.29 is 9.53 Å². The van der Waals surface area contributed by atoms with Gasteiger partial charge in [0.05, 0.1) is 5.75 Å². The van der Waals surface area contributed by atoms with Crippen LogP contribution in [0.15, 0.2) is 23.4 Å². The first kappa shape index (κ1) is 22.7. The molecule has 1 aromatic carbocycles. The molecule has 0 unspecified atom stereocenters. The molecule has 0 aliphatic heterocycles. The van der Waals surface area contributed by atoms with Crippen molar-refractivity contribution >= 4 is 17.7 Å². The molecule has 1 fully saturated rings. The Labute approximate surface area is 184 Å². The van der Waals surface area contributed by atoms with Gasteiger partial charge in [0.1, 0.15) is 12.4 Å². The van der Waals surface area contributed by atoms with Gasteiger partial charge in [0.2, 0.25) is 5.91 Å². The number of hydrogen-bond donors (Lipinski definition) is 1. The van der Waals surface area contributed by atoms with E-state index in [0.717, 1.165) is 23.2 Å². The highest BCUT2D eigenvalue weighted by atomic mass is 32.2. The number of thioether (sulfide) groups is 1. The van der Waals surface area contributed by atoms with E-state index in [1.165, 1.54) is 42.2 Å². The minimum Gasteiger partial charge on any atom is -0.485 e. The summed E-state index contributed by atoms with van der Waals surface area (Å²) in [6.45, 7) is 8.96. The van der Waals surface area contributed by atoms with E-state index in [1.54, 1.807) is 0 Å². The van der Waals surface area contributed by atoms with Gasteiger partial charge in [-0.15, -0.1) is 10.2 Å². The molecule has 1 aliphatic rings. The normalized spacial score (nSPS) is 19.1. The van der Waals surface area contributed by atoms with E-state index in [0.29, 0.717) is 30.2 Å². The number of aryl methyl sites for hydroxylation is 1. The van der Waals surface area contributed by atoms with Crippen molar-refractivity contribution in [2.45, 2.75) is 77.1 Å². The van der Waals surface area contributed by atoms with E-state index in [1.807, 2.05) is 11.6 Å². The summed E-state index contributed by atoms with van der Waals surface area (Å²) in [5, 5.41) is 12.4. The molecule has 3 rings (SSSR count). The van der Waals surface area contributed by atoms with Gasteiger partial charge in [0.25, 0.3) is 0 Å². The quantitative estimate of drug-likeness (QED) is 0.619. The summed E-state index contributed by atoms with van der Waals surface area (Å²) in [7, 11) is 1.92. The molecule has 30 heavy (non-hydrogen) atoms. The van der Waals surface area contributed by atoms with Gasteiger partial charge in [0, 0.05) is 13.1 Å². The molecule has 164 valence electrons. The molecule has 2 aromatic rings. The summed E-state index contributed by atoms with van der Waals surface area (Å²) in [5.74, 6) is 3.00. The molecule has 1 heterocycles. The van der Waals surface area contributed by atoms with Crippen LogP contribution < -0.4 is 10.1 Å². The summed E-state index contributed by atoms with van der Waals surface area (Å²) < 4.78 is 7.99. The van der Waals surface area contributed by atoms with E-state index in [4.69, 9.17) is 4.74 Å². The fourth-order valence-corrected chi connectivity index (χ4v) is 4.63. The van der Waals surface area contributed by atoms with Gasteiger partial charge in [-0.3, -0.25) is 4.79 Å². The Morgan fingerprint density at radius 2 is 2.07 bits per heavy atom. The number of amides is 1. The van der Waals surface area contributed by atoms with Crippen LogP contribution >= 0.6 is 11.8 Å². The second-order valence-electron chi connectivity index (χ2n) is 8.67. The van der Waals surface area contributed by atoms with Gasteiger partial charge >= 0.3 is 0 Å². The van der Waals surface area contributed by atoms with Gasteiger partial charge in [-0.25, -0.2) is 0 Å². The van der Waals surface area contributed by atoms with Gasteiger partial charge in [-0.1, -0.05) is 57.5 Å². The number of benzene rings is 1. The van der Waals surface area contributed by atoms with Crippen LogP contribution in [0.5, 0.6) is 5.75 Å². The summed E-state index contributed by atoms with van der Waals surface area (Å²) in [4.78, 5) is 12.4. The van der Waals surface area contributed by atoms with Crippen LogP contribution in [0, 0.1) is 12.8 Å². The molecule has 1 aromatic heterocycles. The van der Waals surface area contributed by atoms with Crippen LogP contribution in [0.25, 0.3) is 0 Å². The Morgan fingerprint density at radius 3 is 2.80 bits per heavy atom. The highest BCUT2D eigenvalue weighted by Gasteiger charge is 2.23. The first-order chi connectivity index (χ1) is 14.3. The molecule has 2 atom stereocenters. The molecule has 7 heteroatoms. The second-order valence-corrected chi connectivity index (χ2v) is 9.61. The fourth-order valence-electron chi connectivity index (χ4n) is 3.89. The van der Waals surface area contributed by atoms with Crippen LogP contribution in [0.1, 0.15) is 69.3 Å². The molecule has 0 spiro atoms. The zero-order valence-corrected chi connectivity index (χ0v) is 19.6. The number of aromatic nitrogens is 3. The maximum absolute atomic E-state index is 12.4. The number of carbonyl (C=O) groups is 1. The number of carbonyl (C=O) groups excluding carboxylic acids is 1. The second kappa shape index (κ2) is 10.3. The number of nitrogens with zero attached hydrogens (tertiary/aromatic N) is 3. The molecule has 1 aliphatic carbocycles. The lowest BCUT2D eigenvalue weighted by atomic mass is 9.86. The first-order valence-electron chi connectivity index (χ1n) is 10.9. The molecule has 1 N–H and O–H groups in total. The molecule has 1 saturated carbocycles. The SMILES string of the molecule is Cc1ccc(C(C)C)c(OCc2nnc(SCC(=O)N[C@H]3CCCC[C@H]3C)n2C)c1. The van der Waals surface area contributed by atoms with Crippen LogP contribution in [0.4, 0.5) is 0 Å². The lowest BCUT2D eigenvalue weighted by molar-refractivity contribution is -0.119. The van der Waals surface area contributed by atoms with Crippen molar-refractivity contribution in [1.82, 2.24) is 20.1 Å². The van der Waals surface area contributed by atoms with Gasteiger partial charge in [-0.05, 0) is 48.8 Å². The minimum absolute atomic E-state index is 0.0703. The monoisotopic (exact) mass is 430 g/mol. The van der Waals surface area contributed by atoms with E-state index in [2.05, 4.69) is 61.4 Å². The van der Waals surface area contributed by atoms with Gasteiger partial charge < -0.3 is 14.6 Å². The maximum atomic E-state index is 12.4. The average molecular weight is 431 g/mol. The molecule has 0 radical (unpaired) electrons. The highest BCUT2D eigenvalue weighted by Crippen LogP contribution is 2.28. The van der Waals surface area contributed by atoms with Crippen molar-refractivity contribution in [3.8, 4) is 5.75 Å². The molecule has 0 bridgehead atoms. The Kier molecular flexibility index (Phi) is 7.81. The first-order valence-corrected chi connectivity index (χ1v) is 11.9.